The molecule has 0 aliphatic carbocycles. The molecule has 102 valence electrons. The van der Waals surface area contributed by atoms with Crippen LogP contribution in [0.1, 0.15) is 18.4 Å². The van der Waals surface area contributed by atoms with Gasteiger partial charge in [0.1, 0.15) is 0 Å². The second-order valence-electron chi connectivity index (χ2n) is 4.10. The van der Waals surface area contributed by atoms with Gasteiger partial charge in [-0.2, -0.15) is 0 Å². The maximum atomic E-state index is 5.90. The lowest BCUT2D eigenvalue weighted by Gasteiger charge is -2.18. The number of methoxy groups -OCH3 is 1. The molecule has 0 aliphatic heterocycles. The van der Waals surface area contributed by atoms with Crippen LogP contribution in [-0.4, -0.2) is 40.0 Å². The molecule has 0 amide bonds. The second-order valence-corrected chi connectivity index (χ2v) is 4.54. The fourth-order valence-corrected chi connectivity index (χ4v) is 1.84. The van der Waals surface area contributed by atoms with Crippen molar-refractivity contribution in [1.29, 1.82) is 0 Å². The first kappa shape index (κ1) is 15.4. The van der Waals surface area contributed by atoms with Gasteiger partial charge in [-0.15, -0.1) is 0 Å². The average molecular weight is 272 g/mol. The van der Waals surface area contributed by atoms with Crippen molar-refractivity contribution in [3.05, 3.63) is 34.9 Å². The number of hydrogen-bond acceptors (Lipinski definition) is 3. The van der Waals surface area contributed by atoms with E-state index in [9.17, 15) is 0 Å². The highest BCUT2D eigenvalue weighted by Gasteiger charge is 2.11. The monoisotopic (exact) mass is 271 g/mol. The number of halogens is 1. The minimum Gasteiger partial charge on any atom is -0.383 e. The Hall–Kier alpha value is -0.610. The van der Waals surface area contributed by atoms with E-state index >= 15 is 0 Å². The van der Waals surface area contributed by atoms with E-state index in [1.165, 1.54) is 5.56 Å². The Bertz CT molecular complexity index is 316. The van der Waals surface area contributed by atoms with Gasteiger partial charge in [-0.3, -0.25) is 0 Å². The standard InChI is InChI=1S/C14H22ClNO2/c1-3-18-11-13(10-16-8-9-17-2)12-4-6-14(15)7-5-12/h4-7,13,16H,3,8-11H2,1-2H3. The third-order valence-corrected chi connectivity index (χ3v) is 2.99. The smallest absolute Gasteiger partial charge is 0.0587 e. The fourth-order valence-electron chi connectivity index (χ4n) is 1.72. The summed E-state index contributed by atoms with van der Waals surface area (Å²) < 4.78 is 10.5. The zero-order valence-electron chi connectivity index (χ0n) is 11.1. The number of nitrogens with one attached hydrogen (secondary N) is 1. The molecule has 1 aromatic carbocycles. The second kappa shape index (κ2) is 9.34. The SMILES string of the molecule is CCOCC(CNCCOC)c1ccc(Cl)cc1. The van der Waals surface area contributed by atoms with Crippen molar-refractivity contribution >= 4 is 11.6 Å². The predicted molar refractivity (Wildman–Crippen MR) is 75.4 cm³/mol. The van der Waals surface area contributed by atoms with Crippen LogP contribution >= 0.6 is 11.6 Å². The van der Waals surface area contributed by atoms with Gasteiger partial charge in [0.05, 0.1) is 13.2 Å². The maximum absolute atomic E-state index is 5.90. The number of hydrogen-bond donors (Lipinski definition) is 1. The highest BCUT2D eigenvalue weighted by atomic mass is 35.5. The first-order chi connectivity index (χ1) is 8.77. The molecule has 4 heteroatoms. The molecule has 0 heterocycles. The van der Waals surface area contributed by atoms with Crippen molar-refractivity contribution in [1.82, 2.24) is 5.32 Å². The molecule has 3 nitrogen and oxygen atoms in total. The summed E-state index contributed by atoms with van der Waals surface area (Å²) in [5.41, 5.74) is 1.25. The van der Waals surface area contributed by atoms with E-state index in [2.05, 4.69) is 17.4 Å². The van der Waals surface area contributed by atoms with E-state index < -0.39 is 0 Å². The molecule has 1 atom stereocenters. The zero-order chi connectivity index (χ0) is 13.2. The van der Waals surface area contributed by atoms with Crippen LogP contribution in [0.5, 0.6) is 0 Å². The Morgan fingerprint density at radius 3 is 2.61 bits per heavy atom. The molecule has 0 radical (unpaired) electrons. The topological polar surface area (TPSA) is 30.5 Å². The van der Waals surface area contributed by atoms with Gasteiger partial charge >= 0.3 is 0 Å². The van der Waals surface area contributed by atoms with Gasteiger partial charge in [0.15, 0.2) is 0 Å². The quantitative estimate of drug-likeness (QED) is 0.701. The Morgan fingerprint density at radius 1 is 1.28 bits per heavy atom. The van der Waals surface area contributed by atoms with Crippen molar-refractivity contribution in [2.24, 2.45) is 0 Å². The summed E-state index contributed by atoms with van der Waals surface area (Å²) in [6.45, 7) is 5.93. The Balaban J connectivity index is 2.51. The highest BCUT2D eigenvalue weighted by Crippen LogP contribution is 2.18. The van der Waals surface area contributed by atoms with Crippen molar-refractivity contribution in [3.8, 4) is 0 Å². The third kappa shape index (κ3) is 5.83. The van der Waals surface area contributed by atoms with Crippen LogP contribution in [0.25, 0.3) is 0 Å². The third-order valence-electron chi connectivity index (χ3n) is 2.74. The zero-order valence-corrected chi connectivity index (χ0v) is 11.9. The summed E-state index contributed by atoms with van der Waals surface area (Å²) in [5.74, 6) is 0.346. The fraction of sp³-hybridized carbons (Fsp3) is 0.571. The summed E-state index contributed by atoms with van der Waals surface area (Å²) in [6.07, 6.45) is 0. The van der Waals surface area contributed by atoms with E-state index in [0.717, 1.165) is 37.9 Å². The summed E-state index contributed by atoms with van der Waals surface area (Å²) in [5, 5.41) is 4.14. The average Bonchev–Trinajstić information content (AvgIpc) is 2.39. The lowest BCUT2D eigenvalue weighted by atomic mass is 10.00. The molecule has 1 rings (SSSR count). The molecule has 1 aromatic rings. The van der Waals surface area contributed by atoms with Crippen LogP contribution in [0, 0.1) is 0 Å². The molecule has 18 heavy (non-hydrogen) atoms. The molecular weight excluding hydrogens is 250 g/mol. The molecule has 0 saturated carbocycles. The Kier molecular flexibility index (Phi) is 8.01. The first-order valence-electron chi connectivity index (χ1n) is 6.30. The van der Waals surface area contributed by atoms with Crippen molar-refractivity contribution < 1.29 is 9.47 Å². The van der Waals surface area contributed by atoms with E-state index in [0.29, 0.717) is 5.92 Å². The highest BCUT2D eigenvalue weighted by molar-refractivity contribution is 6.30. The molecule has 0 aromatic heterocycles. The lowest BCUT2D eigenvalue weighted by molar-refractivity contribution is 0.130. The Morgan fingerprint density at radius 2 is 2.00 bits per heavy atom. The van der Waals surface area contributed by atoms with Gasteiger partial charge in [0.2, 0.25) is 0 Å². The summed E-state index contributed by atoms with van der Waals surface area (Å²) in [7, 11) is 1.71. The largest absolute Gasteiger partial charge is 0.383 e. The van der Waals surface area contributed by atoms with Gasteiger partial charge in [-0.1, -0.05) is 23.7 Å². The molecule has 0 saturated heterocycles. The minimum atomic E-state index is 0.346. The normalized spacial score (nSPS) is 12.6. The predicted octanol–water partition coefficient (Wildman–Crippen LogP) is 2.70. The Labute approximate surface area is 114 Å². The van der Waals surface area contributed by atoms with Crippen molar-refractivity contribution in [3.63, 3.8) is 0 Å². The molecular formula is C14H22ClNO2. The lowest BCUT2D eigenvalue weighted by Crippen LogP contribution is -2.27. The molecule has 0 aliphatic rings. The van der Waals surface area contributed by atoms with Crippen molar-refractivity contribution in [2.75, 3.05) is 40.0 Å². The molecule has 0 spiro atoms. The van der Waals surface area contributed by atoms with Crippen LogP contribution in [0.2, 0.25) is 5.02 Å². The van der Waals surface area contributed by atoms with Gasteiger partial charge in [0.25, 0.3) is 0 Å². The number of benzene rings is 1. The molecule has 1 N–H and O–H groups in total. The van der Waals surface area contributed by atoms with Crippen LogP contribution in [0.4, 0.5) is 0 Å². The maximum Gasteiger partial charge on any atom is 0.0587 e. The van der Waals surface area contributed by atoms with E-state index in [1.54, 1.807) is 7.11 Å². The van der Waals surface area contributed by atoms with Crippen LogP contribution in [0.15, 0.2) is 24.3 Å². The van der Waals surface area contributed by atoms with Gasteiger partial charge in [-0.05, 0) is 24.6 Å². The first-order valence-corrected chi connectivity index (χ1v) is 6.68. The number of ether oxygens (including phenoxy) is 2. The van der Waals surface area contributed by atoms with Crippen LogP contribution in [-0.2, 0) is 9.47 Å². The van der Waals surface area contributed by atoms with Crippen LogP contribution < -0.4 is 5.32 Å². The van der Waals surface area contributed by atoms with Gasteiger partial charge in [-0.25, -0.2) is 0 Å². The molecule has 0 fully saturated rings. The van der Waals surface area contributed by atoms with Gasteiger partial charge in [0, 0.05) is 37.7 Å². The van der Waals surface area contributed by atoms with Crippen LogP contribution in [0.3, 0.4) is 0 Å². The summed E-state index contributed by atoms with van der Waals surface area (Å²) in [4.78, 5) is 0. The van der Waals surface area contributed by atoms with E-state index in [1.807, 2.05) is 19.1 Å². The summed E-state index contributed by atoms with van der Waals surface area (Å²) in [6, 6.07) is 7.96. The van der Waals surface area contributed by atoms with Gasteiger partial charge < -0.3 is 14.8 Å². The molecule has 0 bridgehead atoms. The number of rotatable bonds is 9. The minimum absolute atomic E-state index is 0.346. The van der Waals surface area contributed by atoms with Crippen molar-refractivity contribution in [2.45, 2.75) is 12.8 Å². The molecule has 1 unspecified atom stereocenters. The van der Waals surface area contributed by atoms with E-state index in [-0.39, 0.29) is 0 Å². The van der Waals surface area contributed by atoms with E-state index in [4.69, 9.17) is 21.1 Å². The summed E-state index contributed by atoms with van der Waals surface area (Å²) >= 11 is 5.90.